The fourth-order valence-electron chi connectivity index (χ4n) is 1.92. The summed E-state index contributed by atoms with van der Waals surface area (Å²) in [5, 5.41) is 12.1. The molecule has 8 nitrogen and oxygen atoms in total. The average Bonchev–Trinajstić information content (AvgIpc) is 2.95. The van der Waals surface area contributed by atoms with Gasteiger partial charge in [0.1, 0.15) is 12.4 Å². The van der Waals surface area contributed by atoms with Crippen LogP contribution in [0.3, 0.4) is 0 Å². The van der Waals surface area contributed by atoms with Crippen molar-refractivity contribution in [2.45, 2.75) is 26.3 Å². The van der Waals surface area contributed by atoms with Crippen molar-refractivity contribution in [1.82, 2.24) is 25.1 Å². The van der Waals surface area contributed by atoms with E-state index in [0.717, 1.165) is 17.1 Å². The molecule has 0 radical (unpaired) electrons. The van der Waals surface area contributed by atoms with Crippen molar-refractivity contribution in [3.63, 3.8) is 0 Å². The molecule has 2 rings (SSSR count). The maximum absolute atomic E-state index is 12.4. The van der Waals surface area contributed by atoms with Crippen LogP contribution in [0.2, 0.25) is 0 Å². The largest absolute Gasteiger partial charge is 0.342 e. The standard InChI is InChI=1S/C13H19N7OS/c1-8-6-9(2)17-13(16-8)18-10(4-5-22-3)11(21)19-12-14-7-15-20-12/h6-7,10H,4-5H2,1-3H3,(H,16,17,18)(H2,14,15,19,20,21). The molecule has 2 aromatic heterocycles. The molecule has 1 amide bonds. The number of hydrogen-bond donors (Lipinski definition) is 3. The molecule has 2 aromatic rings. The number of anilines is 2. The van der Waals surface area contributed by atoms with Crippen molar-refractivity contribution in [3.8, 4) is 0 Å². The summed E-state index contributed by atoms with van der Waals surface area (Å²) in [7, 11) is 0. The van der Waals surface area contributed by atoms with Crippen molar-refractivity contribution in [1.29, 1.82) is 0 Å². The van der Waals surface area contributed by atoms with Crippen LogP contribution in [0.5, 0.6) is 0 Å². The van der Waals surface area contributed by atoms with Gasteiger partial charge in [0.2, 0.25) is 17.8 Å². The highest BCUT2D eigenvalue weighted by atomic mass is 32.2. The third-order valence-corrected chi connectivity index (χ3v) is 3.51. The van der Waals surface area contributed by atoms with Gasteiger partial charge >= 0.3 is 0 Å². The molecule has 3 N–H and O–H groups in total. The third kappa shape index (κ3) is 4.69. The molecule has 0 aliphatic carbocycles. The van der Waals surface area contributed by atoms with Gasteiger partial charge in [0.25, 0.3) is 0 Å². The number of aryl methyl sites for hydroxylation is 2. The number of carbonyl (C=O) groups is 1. The highest BCUT2D eigenvalue weighted by molar-refractivity contribution is 7.98. The average molecular weight is 321 g/mol. The van der Waals surface area contributed by atoms with Gasteiger partial charge in [-0.25, -0.2) is 15.1 Å². The van der Waals surface area contributed by atoms with Crippen LogP contribution in [-0.4, -0.2) is 49.1 Å². The molecule has 0 saturated carbocycles. The SMILES string of the molecule is CSCCC(Nc1nc(C)cc(C)n1)C(=O)Nc1ncn[nH]1. The molecule has 0 aliphatic heterocycles. The van der Waals surface area contributed by atoms with Gasteiger partial charge < -0.3 is 5.32 Å². The number of rotatable bonds is 7. The molecule has 22 heavy (non-hydrogen) atoms. The second kappa shape index (κ2) is 7.74. The first-order valence-electron chi connectivity index (χ1n) is 6.82. The normalized spacial score (nSPS) is 12.0. The Kier molecular flexibility index (Phi) is 5.70. The smallest absolute Gasteiger partial charge is 0.249 e. The zero-order valence-corrected chi connectivity index (χ0v) is 13.6. The van der Waals surface area contributed by atoms with E-state index >= 15 is 0 Å². The first kappa shape index (κ1) is 16.2. The molecule has 9 heteroatoms. The van der Waals surface area contributed by atoms with E-state index in [2.05, 4.69) is 35.8 Å². The minimum atomic E-state index is -0.446. The number of thioether (sulfide) groups is 1. The number of aromatic amines is 1. The van der Waals surface area contributed by atoms with Gasteiger partial charge in [0.05, 0.1) is 0 Å². The molecule has 1 atom stereocenters. The fraction of sp³-hybridized carbons (Fsp3) is 0.462. The summed E-state index contributed by atoms with van der Waals surface area (Å²) < 4.78 is 0. The van der Waals surface area contributed by atoms with Crippen LogP contribution in [0.15, 0.2) is 12.4 Å². The van der Waals surface area contributed by atoms with Crippen molar-refractivity contribution in [3.05, 3.63) is 23.8 Å². The predicted molar refractivity (Wildman–Crippen MR) is 86.9 cm³/mol. The Balaban J connectivity index is 2.09. The summed E-state index contributed by atoms with van der Waals surface area (Å²) in [4.78, 5) is 24.9. The summed E-state index contributed by atoms with van der Waals surface area (Å²) in [6.45, 7) is 3.79. The molecular weight excluding hydrogens is 302 g/mol. The van der Waals surface area contributed by atoms with Crippen molar-refractivity contribution < 1.29 is 4.79 Å². The van der Waals surface area contributed by atoms with Gasteiger partial charge in [-0.1, -0.05) is 0 Å². The Labute approximate surface area is 132 Å². The number of aromatic nitrogens is 5. The zero-order valence-electron chi connectivity index (χ0n) is 12.8. The van der Waals surface area contributed by atoms with E-state index in [1.54, 1.807) is 11.8 Å². The lowest BCUT2D eigenvalue weighted by Gasteiger charge is -2.17. The van der Waals surface area contributed by atoms with E-state index in [9.17, 15) is 4.79 Å². The van der Waals surface area contributed by atoms with E-state index in [1.165, 1.54) is 6.33 Å². The summed E-state index contributed by atoms with van der Waals surface area (Å²) >= 11 is 1.68. The number of amides is 1. The minimum Gasteiger partial charge on any atom is -0.342 e. The van der Waals surface area contributed by atoms with Crippen molar-refractivity contribution in [2.75, 3.05) is 22.6 Å². The number of carbonyl (C=O) groups excluding carboxylic acids is 1. The lowest BCUT2D eigenvalue weighted by molar-refractivity contribution is -0.117. The van der Waals surface area contributed by atoms with Gasteiger partial charge in [0.15, 0.2) is 0 Å². The van der Waals surface area contributed by atoms with Crippen LogP contribution in [0.1, 0.15) is 17.8 Å². The molecular formula is C13H19N7OS. The summed E-state index contributed by atoms with van der Waals surface area (Å²) in [5.74, 6) is 1.42. The quantitative estimate of drug-likeness (QED) is 0.707. The molecule has 2 heterocycles. The van der Waals surface area contributed by atoms with Crippen LogP contribution in [-0.2, 0) is 4.79 Å². The van der Waals surface area contributed by atoms with Crippen LogP contribution in [0.25, 0.3) is 0 Å². The lowest BCUT2D eigenvalue weighted by Crippen LogP contribution is -2.36. The van der Waals surface area contributed by atoms with Crippen LogP contribution < -0.4 is 10.6 Å². The second-order valence-corrected chi connectivity index (χ2v) is 5.76. The number of nitrogens with one attached hydrogen (secondary N) is 3. The minimum absolute atomic E-state index is 0.200. The summed E-state index contributed by atoms with van der Waals surface area (Å²) in [6, 6.07) is 1.44. The molecule has 0 aliphatic rings. The molecule has 118 valence electrons. The summed E-state index contributed by atoms with van der Waals surface area (Å²) in [5.41, 5.74) is 1.71. The molecule has 0 spiro atoms. The number of H-pyrrole nitrogens is 1. The first-order valence-corrected chi connectivity index (χ1v) is 8.22. The van der Waals surface area contributed by atoms with E-state index < -0.39 is 6.04 Å². The monoisotopic (exact) mass is 321 g/mol. The van der Waals surface area contributed by atoms with Gasteiger partial charge in [0, 0.05) is 11.4 Å². The fourth-order valence-corrected chi connectivity index (χ4v) is 2.39. The summed E-state index contributed by atoms with van der Waals surface area (Å²) in [6.07, 6.45) is 3.99. The van der Waals surface area contributed by atoms with E-state index in [0.29, 0.717) is 18.3 Å². The number of nitrogens with zero attached hydrogens (tertiary/aromatic N) is 4. The van der Waals surface area contributed by atoms with E-state index in [-0.39, 0.29) is 5.91 Å². The molecule has 0 bridgehead atoms. The van der Waals surface area contributed by atoms with Crippen LogP contribution in [0, 0.1) is 13.8 Å². The lowest BCUT2D eigenvalue weighted by atomic mass is 10.2. The van der Waals surface area contributed by atoms with Gasteiger partial charge in [-0.05, 0) is 38.3 Å². The van der Waals surface area contributed by atoms with E-state index in [4.69, 9.17) is 0 Å². The van der Waals surface area contributed by atoms with Gasteiger partial charge in [-0.2, -0.15) is 21.8 Å². The Morgan fingerprint density at radius 1 is 1.36 bits per heavy atom. The molecule has 1 unspecified atom stereocenters. The molecule has 0 fully saturated rings. The number of hydrogen-bond acceptors (Lipinski definition) is 7. The Bertz CT molecular complexity index is 597. The van der Waals surface area contributed by atoms with Crippen molar-refractivity contribution >= 4 is 29.6 Å². The zero-order chi connectivity index (χ0) is 15.9. The van der Waals surface area contributed by atoms with Crippen LogP contribution in [0.4, 0.5) is 11.9 Å². The maximum atomic E-state index is 12.4. The molecule has 0 aromatic carbocycles. The maximum Gasteiger partial charge on any atom is 0.249 e. The first-order chi connectivity index (χ1) is 10.6. The molecule has 0 saturated heterocycles. The van der Waals surface area contributed by atoms with Crippen LogP contribution >= 0.6 is 11.8 Å². The van der Waals surface area contributed by atoms with Gasteiger partial charge in [-0.3, -0.25) is 10.1 Å². The van der Waals surface area contributed by atoms with Gasteiger partial charge in [-0.15, -0.1) is 0 Å². The second-order valence-electron chi connectivity index (χ2n) is 4.78. The Morgan fingerprint density at radius 3 is 2.68 bits per heavy atom. The van der Waals surface area contributed by atoms with E-state index in [1.807, 2.05) is 26.2 Å². The highest BCUT2D eigenvalue weighted by Gasteiger charge is 2.20. The third-order valence-electron chi connectivity index (χ3n) is 2.87. The van der Waals surface area contributed by atoms with Crippen molar-refractivity contribution in [2.24, 2.45) is 0 Å². The topological polar surface area (TPSA) is 108 Å². The predicted octanol–water partition coefficient (Wildman–Crippen LogP) is 1.38. The Morgan fingerprint density at radius 2 is 2.09 bits per heavy atom. The highest BCUT2D eigenvalue weighted by Crippen LogP contribution is 2.10. The Hall–Kier alpha value is -2.16.